The van der Waals surface area contributed by atoms with Gasteiger partial charge in [0.25, 0.3) is 0 Å². The van der Waals surface area contributed by atoms with E-state index in [0.29, 0.717) is 45.1 Å². The summed E-state index contributed by atoms with van der Waals surface area (Å²) in [4.78, 5) is 10.5. The third kappa shape index (κ3) is 3.02. The molecule has 2 saturated heterocycles. The van der Waals surface area contributed by atoms with Crippen molar-refractivity contribution in [2.45, 2.75) is 28.4 Å². The van der Waals surface area contributed by atoms with Crippen molar-refractivity contribution in [1.82, 2.24) is 9.97 Å². The van der Waals surface area contributed by atoms with E-state index in [9.17, 15) is 8.42 Å². The SMILES string of the molecule is Nc1nc(N2CCC3(CC2)OCCO3)ncc1S(=O)(=O)c1ccccc1. The number of anilines is 2. The van der Waals surface area contributed by atoms with Crippen LogP contribution in [0.2, 0.25) is 0 Å². The normalized spacial score (nSPS) is 19.8. The highest BCUT2D eigenvalue weighted by Crippen LogP contribution is 2.33. The van der Waals surface area contributed by atoms with Gasteiger partial charge in [0.2, 0.25) is 15.8 Å². The summed E-state index contributed by atoms with van der Waals surface area (Å²) in [7, 11) is -3.74. The van der Waals surface area contributed by atoms with Crippen molar-refractivity contribution in [2.24, 2.45) is 0 Å². The number of piperidine rings is 1. The van der Waals surface area contributed by atoms with Crippen LogP contribution >= 0.6 is 0 Å². The van der Waals surface area contributed by atoms with Crippen LogP contribution < -0.4 is 10.6 Å². The summed E-state index contributed by atoms with van der Waals surface area (Å²) < 4.78 is 36.8. The molecule has 0 saturated carbocycles. The third-order valence-corrected chi connectivity index (χ3v) is 6.52. The van der Waals surface area contributed by atoms with Crippen molar-refractivity contribution in [2.75, 3.05) is 36.9 Å². The summed E-state index contributed by atoms with van der Waals surface area (Å²) in [6.07, 6.45) is 2.70. The molecule has 1 aromatic carbocycles. The van der Waals surface area contributed by atoms with Crippen molar-refractivity contribution < 1.29 is 17.9 Å². The van der Waals surface area contributed by atoms with Crippen LogP contribution in [0.25, 0.3) is 0 Å². The highest BCUT2D eigenvalue weighted by atomic mass is 32.2. The van der Waals surface area contributed by atoms with Gasteiger partial charge in [-0.3, -0.25) is 0 Å². The lowest BCUT2D eigenvalue weighted by atomic mass is 10.0. The zero-order valence-corrected chi connectivity index (χ0v) is 15.0. The molecule has 26 heavy (non-hydrogen) atoms. The van der Waals surface area contributed by atoms with Crippen LogP contribution in [0.1, 0.15) is 12.8 Å². The molecule has 1 spiro atoms. The van der Waals surface area contributed by atoms with Gasteiger partial charge in [0.05, 0.1) is 24.3 Å². The standard InChI is InChI=1S/C17H20N4O4S/c18-15-14(26(22,23)13-4-2-1-3-5-13)12-19-16(20-15)21-8-6-17(7-9-21)24-10-11-25-17/h1-5,12H,6-11H2,(H2,18,19,20). The average Bonchev–Trinajstić information content (AvgIpc) is 3.11. The fourth-order valence-corrected chi connectivity index (χ4v) is 4.58. The predicted octanol–water partition coefficient (Wildman–Crippen LogP) is 1.23. The summed E-state index contributed by atoms with van der Waals surface area (Å²) in [5.41, 5.74) is 5.96. The maximum atomic E-state index is 12.7. The van der Waals surface area contributed by atoms with Crippen molar-refractivity contribution >= 4 is 21.6 Å². The van der Waals surface area contributed by atoms with Crippen LogP contribution in [-0.2, 0) is 19.3 Å². The van der Waals surface area contributed by atoms with E-state index >= 15 is 0 Å². The van der Waals surface area contributed by atoms with Crippen LogP contribution in [0.5, 0.6) is 0 Å². The van der Waals surface area contributed by atoms with Crippen molar-refractivity contribution in [1.29, 1.82) is 0 Å². The number of hydrogen-bond acceptors (Lipinski definition) is 8. The Morgan fingerprint density at radius 1 is 1.08 bits per heavy atom. The minimum Gasteiger partial charge on any atom is -0.382 e. The van der Waals surface area contributed by atoms with E-state index in [1.54, 1.807) is 18.2 Å². The second-order valence-corrected chi connectivity index (χ2v) is 8.25. The Bertz CT molecular complexity index is 888. The Hall–Kier alpha value is -2.23. The molecular formula is C17H20N4O4S. The maximum Gasteiger partial charge on any atom is 0.227 e. The molecule has 2 N–H and O–H groups in total. The molecule has 8 nitrogen and oxygen atoms in total. The molecule has 0 amide bonds. The Morgan fingerprint density at radius 2 is 1.73 bits per heavy atom. The summed E-state index contributed by atoms with van der Waals surface area (Å²) in [6.45, 7) is 2.55. The first kappa shape index (κ1) is 17.2. The topological polar surface area (TPSA) is 108 Å². The molecule has 0 bridgehead atoms. The van der Waals surface area contributed by atoms with E-state index in [2.05, 4.69) is 9.97 Å². The van der Waals surface area contributed by atoms with Gasteiger partial charge >= 0.3 is 0 Å². The predicted molar refractivity (Wildman–Crippen MR) is 94.4 cm³/mol. The number of hydrogen-bond donors (Lipinski definition) is 1. The van der Waals surface area contributed by atoms with Gasteiger partial charge in [0, 0.05) is 25.9 Å². The number of nitrogens with two attached hydrogens (primary N) is 1. The van der Waals surface area contributed by atoms with Crippen LogP contribution in [0.4, 0.5) is 11.8 Å². The molecule has 3 heterocycles. The summed E-state index contributed by atoms with van der Waals surface area (Å²) >= 11 is 0. The number of aromatic nitrogens is 2. The van der Waals surface area contributed by atoms with Gasteiger partial charge in [0.15, 0.2) is 5.79 Å². The molecule has 2 aliphatic rings. The van der Waals surface area contributed by atoms with Gasteiger partial charge in [-0.05, 0) is 12.1 Å². The number of nitrogens with zero attached hydrogens (tertiary/aromatic N) is 3. The molecule has 1 aromatic heterocycles. The van der Waals surface area contributed by atoms with Crippen LogP contribution in [0.15, 0.2) is 46.3 Å². The molecular weight excluding hydrogens is 356 g/mol. The molecule has 0 atom stereocenters. The Kier molecular flexibility index (Phi) is 4.29. The van der Waals surface area contributed by atoms with E-state index in [4.69, 9.17) is 15.2 Å². The highest BCUT2D eigenvalue weighted by molar-refractivity contribution is 7.91. The van der Waals surface area contributed by atoms with Gasteiger partial charge in [-0.2, -0.15) is 4.98 Å². The molecule has 0 unspecified atom stereocenters. The van der Waals surface area contributed by atoms with Gasteiger partial charge < -0.3 is 20.1 Å². The average molecular weight is 376 g/mol. The number of rotatable bonds is 3. The molecule has 2 aromatic rings. The van der Waals surface area contributed by atoms with Gasteiger partial charge in [0.1, 0.15) is 10.7 Å². The zero-order valence-electron chi connectivity index (χ0n) is 14.2. The number of sulfone groups is 1. The molecule has 4 rings (SSSR count). The molecule has 138 valence electrons. The van der Waals surface area contributed by atoms with Crippen molar-refractivity contribution in [3.63, 3.8) is 0 Å². The zero-order chi connectivity index (χ0) is 18.2. The molecule has 2 fully saturated rings. The lowest BCUT2D eigenvalue weighted by Crippen LogP contribution is -2.45. The Morgan fingerprint density at radius 3 is 2.35 bits per heavy atom. The van der Waals surface area contributed by atoms with Crippen molar-refractivity contribution in [3.8, 4) is 0 Å². The maximum absolute atomic E-state index is 12.7. The number of benzene rings is 1. The van der Waals surface area contributed by atoms with E-state index in [1.165, 1.54) is 18.3 Å². The fraction of sp³-hybridized carbons (Fsp3) is 0.412. The quantitative estimate of drug-likeness (QED) is 0.852. The van der Waals surface area contributed by atoms with E-state index < -0.39 is 15.6 Å². The van der Waals surface area contributed by atoms with Gasteiger partial charge in [-0.15, -0.1) is 0 Å². The van der Waals surface area contributed by atoms with E-state index in [-0.39, 0.29) is 15.6 Å². The lowest BCUT2D eigenvalue weighted by molar-refractivity contribution is -0.169. The largest absolute Gasteiger partial charge is 0.382 e. The monoisotopic (exact) mass is 376 g/mol. The molecule has 9 heteroatoms. The first-order chi connectivity index (χ1) is 12.5. The van der Waals surface area contributed by atoms with Crippen LogP contribution in [0.3, 0.4) is 0 Å². The third-order valence-electron chi connectivity index (χ3n) is 4.73. The Balaban J connectivity index is 1.55. The first-order valence-electron chi connectivity index (χ1n) is 8.46. The van der Waals surface area contributed by atoms with E-state index in [0.717, 1.165) is 0 Å². The van der Waals surface area contributed by atoms with Crippen molar-refractivity contribution in [3.05, 3.63) is 36.5 Å². The fourth-order valence-electron chi connectivity index (χ4n) is 3.29. The molecule has 2 aliphatic heterocycles. The molecule has 0 radical (unpaired) electrons. The summed E-state index contributed by atoms with van der Waals surface area (Å²) in [5.74, 6) is -0.117. The molecule has 0 aliphatic carbocycles. The van der Waals surface area contributed by atoms with E-state index in [1.807, 2.05) is 4.90 Å². The Labute approximate surface area is 151 Å². The van der Waals surface area contributed by atoms with Gasteiger partial charge in [-0.25, -0.2) is 13.4 Å². The van der Waals surface area contributed by atoms with Crippen LogP contribution in [0, 0.1) is 0 Å². The lowest BCUT2D eigenvalue weighted by Gasteiger charge is -2.37. The first-order valence-corrected chi connectivity index (χ1v) is 9.94. The summed E-state index contributed by atoms with van der Waals surface area (Å²) in [6, 6.07) is 8.12. The second-order valence-electron chi connectivity index (χ2n) is 6.33. The minimum atomic E-state index is -3.74. The highest BCUT2D eigenvalue weighted by Gasteiger charge is 2.40. The summed E-state index contributed by atoms with van der Waals surface area (Å²) in [5, 5.41) is 0. The smallest absolute Gasteiger partial charge is 0.227 e. The second kappa shape index (κ2) is 6.49. The van der Waals surface area contributed by atoms with Crippen LogP contribution in [-0.4, -0.2) is 50.5 Å². The number of ether oxygens (including phenoxy) is 2. The minimum absolute atomic E-state index is 0.0486. The van der Waals surface area contributed by atoms with Gasteiger partial charge in [-0.1, -0.05) is 18.2 Å². The number of nitrogen functional groups attached to an aromatic ring is 1.